The van der Waals surface area contributed by atoms with E-state index >= 15 is 0 Å². The number of nitrogens with one attached hydrogen (secondary N) is 1. The third-order valence-electron chi connectivity index (χ3n) is 7.37. The van der Waals surface area contributed by atoms with E-state index in [0.29, 0.717) is 38.0 Å². The molecule has 1 aliphatic heterocycles. The molecule has 0 bridgehead atoms. The van der Waals surface area contributed by atoms with Crippen molar-refractivity contribution in [3.05, 3.63) is 52.8 Å². The molecule has 1 saturated carbocycles. The Bertz CT molecular complexity index is 1190. The fourth-order valence-electron chi connectivity index (χ4n) is 5.25. The SMILES string of the molecule is CC(OS(=O)O)C1(CN(C)C(=O)c2n[nH]c3c2CN(C(=O)OC(C)(C)C)CC3)CC(OCc2ccccc2)C1. The molecule has 2 aliphatic rings. The van der Waals surface area contributed by atoms with Crippen LogP contribution in [0.1, 0.15) is 67.8 Å². The number of amides is 2. The molecule has 11 nitrogen and oxygen atoms in total. The summed E-state index contributed by atoms with van der Waals surface area (Å²) in [5.41, 5.74) is 1.63. The predicted octanol–water partition coefficient (Wildman–Crippen LogP) is 3.68. The molecule has 2 heterocycles. The Kier molecular flexibility index (Phi) is 8.79. The summed E-state index contributed by atoms with van der Waals surface area (Å²) in [4.78, 5) is 29.3. The number of fused-ring (bicyclic) bond motifs is 1. The maximum Gasteiger partial charge on any atom is 0.410 e. The Labute approximate surface area is 231 Å². The van der Waals surface area contributed by atoms with E-state index < -0.39 is 34.6 Å². The summed E-state index contributed by atoms with van der Waals surface area (Å²) in [5.74, 6) is -0.302. The Morgan fingerprint density at radius 2 is 1.97 bits per heavy atom. The van der Waals surface area contributed by atoms with Crippen molar-refractivity contribution >= 4 is 23.4 Å². The van der Waals surface area contributed by atoms with Gasteiger partial charge in [0.05, 0.1) is 25.4 Å². The van der Waals surface area contributed by atoms with Crippen molar-refractivity contribution < 1.29 is 32.0 Å². The summed E-state index contributed by atoms with van der Waals surface area (Å²) in [6.07, 6.45) is 0.593. The van der Waals surface area contributed by atoms with E-state index in [1.165, 1.54) is 0 Å². The maximum atomic E-state index is 13.6. The van der Waals surface area contributed by atoms with Crippen molar-refractivity contribution in [1.29, 1.82) is 0 Å². The zero-order valence-electron chi connectivity index (χ0n) is 23.1. The number of carbonyl (C=O) groups excluding carboxylic acids is 2. The largest absolute Gasteiger partial charge is 0.444 e. The molecule has 2 aromatic rings. The lowest BCUT2D eigenvalue weighted by molar-refractivity contribution is -0.133. The molecule has 1 aliphatic carbocycles. The van der Waals surface area contributed by atoms with Gasteiger partial charge in [-0.3, -0.25) is 18.6 Å². The molecule has 0 saturated heterocycles. The van der Waals surface area contributed by atoms with Gasteiger partial charge in [0.2, 0.25) is 0 Å². The van der Waals surface area contributed by atoms with E-state index in [-0.39, 0.29) is 30.8 Å². The molecule has 4 rings (SSSR count). The topological polar surface area (TPSA) is 134 Å². The smallest absolute Gasteiger partial charge is 0.410 e. The first-order valence-corrected chi connectivity index (χ1v) is 14.1. The van der Waals surface area contributed by atoms with Crippen LogP contribution in [0.15, 0.2) is 30.3 Å². The summed E-state index contributed by atoms with van der Waals surface area (Å²) in [7, 11) is 1.68. The fourth-order valence-corrected chi connectivity index (χ4v) is 5.70. The van der Waals surface area contributed by atoms with E-state index in [2.05, 4.69) is 10.2 Å². The Morgan fingerprint density at radius 3 is 2.62 bits per heavy atom. The molecule has 1 aromatic heterocycles. The van der Waals surface area contributed by atoms with E-state index in [4.69, 9.17) is 13.7 Å². The van der Waals surface area contributed by atoms with Crippen LogP contribution >= 0.6 is 0 Å². The van der Waals surface area contributed by atoms with Gasteiger partial charge in [-0.15, -0.1) is 0 Å². The van der Waals surface area contributed by atoms with Crippen LogP contribution < -0.4 is 0 Å². The number of benzene rings is 1. The number of hydrogen-bond acceptors (Lipinski definition) is 7. The highest BCUT2D eigenvalue weighted by molar-refractivity contribution is 7.74. The molecule has 0 spiro atoms. The zero-order valence-corrected chi connectivity index (χ0v) is 24.0. The third-order valence-corrected chi connectivity index (χ3v) is 7.83. The molecule has 2 amide bonds. The van der Waals surface area contributed by atoms with Gasteiger partial charge >= 0.3 is 17.5 Å². The van der Waals surface area contributed by atoms with Crippen molar-refractivity contribution in [3.8, 4) is 0 Å². The standard InChI is InChI=1S/C27H38N4O7S/c1-18(38-39(34)35)27(13-20(14-27)36-16-19-9-7-6-8-10-19)17-30(5)24(32)23-21-15-31(12-11-22(21)28-29-23)25(33)37-26(2,3)4/h6-10,18,20H,11-17H2,1-5H3,(H,28,29)(H,34,35). The monoisotopic (exact) mass is 562 g/mol. The average Bonchev–Trinajstić information content (AvgIpc) is 3.27. The summed E-state index contributed by atoms with van der Waals surface area (Å²) >= 11 is -2.44. The molecule has 2 atom stereocenters. The molecule has 1 aromatic carbocycles. The van der Waals surface area contributed by atoms with Crippen molar-refractivity contribution in [3.63, 3.8) is 0 Å². The second-order valence-corrected chi connectivity index (χ2v) is 12.1. The minimum Gasteiger partial charge on any atom is -0.444 e. The van der Waals surface area contributed by atoms with Crippen molar-refractivity contribution in [2.75, 3.05) is 20.1 Å². The van der Waals surface area contributed by atoms with Crippen molar-refractivity contribution in [1.82, 2.24) is 20.0 Å². The van der Waals surface area contributed by atoms with Gasteiger partial charge in [0.25, 0.3) is 5.91 Å². The van der Waals surface area contributed by atoms with Gasteiger partial charge in [0.15, 0.2) is 5.69 Å². The van der Waals surface area contributed by atoms with E-state index in [0.717, 1.165) is 11.3 Å². The Balaban J connectivity index is 1.43. The predicted molar refractivity (Wildman–Crippen MR) is 144 cm³/mol. The number of hydrogen-bond donors (Lipinski definition) is 2. The third kappa shape index (κ3) is 7.05. The van der Waals surface area contributed by atoms with Gasteiger partial charge in [-0.2, -0.15) is 9.31 Å². The quantitative estimate of drug-likeness (QED) is 0.442. The average molecular weight is 563 g/mol. The van der Waals surface area contributed by atoms with Crippen LogP contribution in [0, 0.1) is 5.41 Å². The maximum absolute atomic E-state index is 13.6. The number of aromatic nitrogens is 2. The van der Waals surface area contributed by atoms with E-state index in [9.17, 15) is 18.4 Å². The van der Waals surface area contributed by atoms with E-state index in [1.54, 1.807) is 23.8 Å². The molecular formula is C27H38N4O7S. The molecule has 1 fully saturated rings. The number of nitrogens with zero attached hydrogens (tertiary/aromatic N) is 3. The van der Waals surface area contributed by atoms with Crippen LogP contribution in [-0.2, 0) is 44.6 Å². The first-order valence-electron chi connectivity index (χ1n) is 13.1. The number of H-pyrrole nitrogens is 1. The van der Waals surface area contributed by atoms with Crippen molar-refractivity contribution in [2.45, 2.75) is 77.9 Å². The molecule has 214 valence electrons. The highest BCUT2D eigenvalue weighted by atomic mass is 32.2. The first kappa shape index (κ1) is 29.2. The molecule has 39 heavy (non-hydrogen) atoms. The van der Waals surface area contributed by atoms with Gasteiger partial charge in [-0.1, -0.05) is 30.3 Å². The van der Waals surface area contributed by atoms with Crippen LogP contribution in [0.5, 0.6) is 0 Å². The molecular weight excluding hydrogens is 524 g/mol. The Morgan fingerprint density at radius 1 is 1.28 bits per heavy atom. The van der Waals surface area contributed by atoms with Crippen LogP contribution in [0.3, 0.4) is 0 Å². The fraction of sp³-hybridized carbons (Fsp3) is 0.593. The molecule has 12 heteroatoms. The summed E-state index contributed by atoms with van der Waals surface area (Å²) in [6.45, 7) is 8.62. The summed E-state index contributed by atoms with van der Waals surface area (Å²) < 4.78 is 37.7. The van der Waals surface area contributed by atoms with Gasteiger partial charge in [-0.05, 0) is 46.1 Å². The number of ether oxygens (including phenoxy) is 2. The lowest BCUT2D eigenvalue weighted by atomic mass is 9.63. The highest BCUT2D eigenvalue weighted by Gasteiger charge is 2.51. The lowest BCUT2D eigenvalue weighted by Crippen LogP contribution is -2.56. The van der Waals surface area contributed by atoms with Crippen LogP contribution in [-0.4, -0.2) is 78.7 Å². The second kappa shape index (κ2) is 11.7. The first-order chi connectivity index (χ1) is 18.4. The number of carbonyl (C=O) groups is 2. The Hall–Kier alpha value is -2.80. The van der Waals surface area contributed by atoms with Gasteiger partial charge in [0.1, 0.15) is 5.60 Å². The lowest BCUT2D eigenvalue weighted by Gasteiger charge is -2.51. The number of aromatic amines is 1. The zero-order chi connectivity index (χ0) is 28.4. The van der Waals surface area contributed by atoms with Crippen LogP contribution in [0.2, 0.25) is 0 Å². The van der Waals surface area contributed by atoms with Crippen LogP contribution in [0.4, 0.5) is 4.79 Å². The normalized spacial score (nSPS) is 22.4. The minimum absolute atomic E-state index is 0.0626. The second-order valence-electron chi connectivity index (χ2n) is 11.5. The van der Waals surface area contributed by atoms with Gasteiger partial charge in [0, 0.05) is 43.2 Å². The minimum atomic E-state index is -2.44. The van der Waals surface area contributed by atoms with Crippen LogP contribution in [0.25, 0.3) is 0 Å². The number of rotatable bonds is 9. The summed E-state index contributed by atoms with van der Waals surface area (Å²) in [6, 6.07) is 9.85. The highest BCUT2D eigenvalue weighted by Crippen LogP contribution is 2.48. The van der Waals surface area contributed by atoms with Gasteiger partial charge < -0.3 is 19.3 Å². The molecule has 0 radical (unpaired) electrons. The molecule has 2 N–H and O–H groups in total. The molecule has 2 unspecified atom stereocenters. The summed E-state index contributed by atoms with van der Waals surface area (Å²) in [5, 5.41) is 7.25. The van der Waals surface area contributed by atoms with E-state index in [1.807, 2.05) is 51.1 Å². The van der Waals surface area contributed by atoms with Crippen molar-refractivity contribution in [2.24, 2.45) is 5.41 Å². The van der Waals surface area contributed by atoms with Gasteiger partial charge in [-0.25, -0.2) is 4.79 Å².